The number of nitrogens with one attached hydrogen (secondary N) is 1. The lowest BCUT2D eigenvalue weighted by molar-refractivity contribution is -0.125. The molecule has 5 heteroatoms. The van der Waals surface area contributed by atoms with Gasteiger partial charge in [0.15, 0.2) is 0 Å². The second-order valence-electron chi connectivity index (χ2n) is 9.63. The molecule has 2 aliphatic heterocycles. The Morgan fingerprint density at radius 1 is 1.14 bits per heavy atom. The summed E-state index contributed by atoms with van der Waals surface area (Å²) in [5.41, 5.74) is 10.5. The van der Waals surface area contributed by atoms with E-state index in [-0.39, 0.29) is 16.9 Å². The maximum absolute atomic E-state index is 11.9. The fourth-order valence-electron chi connectivity index (χ4n) is 4.58. The van der Waals surface area contributed by atoms with E-state index in [1.54, 1.807) is 6.20 Å². The maximum Gasteiger partial charge on any atom is 0.220 e. The molecule has 2 aromatic rings. The fraction of sp³-hybridized carbons (Fsp3) is 0.500. The zero-order chi connectivity index (χ0) is 20.6. The largest absolute Gasteiger partial charge is 0.397 e. The van der Waals surface area contributed by atoms with Crippen LogP contribution in [-0.2, 0) is 10.2 Å². The van der Waals surface area contributed by atoms with Gasteiger partial charge in [-0.1, -0.05) is 45.0 Å². The summed E-state index contributed by atoms with van der Waals surface area (Å²) in [6.07, 6.45) is 6.48. The minimum atomic E-state index is -0.0104. The predicted molar refractivity (Wildman–Crippen MR) is 119 cm³/mol. The van der Waals surface area contributed by atoms with Crippen LogP contribution in [0, 0.1) is 0 Å². The Hall–Kier alpha value is -2.56. The van der Waals surface area contributed by atoms with Crippen LogP contribution in [0.4, 0.5) is 11.5 Å². The fourth-order valence-corrected chi connectivity index (χ4v) is 4.58. The van der Waals surface area contributed by atoms with Gasteiger partial charge in [0.1, 0.15) is 5.82 Å². The number of nitrogens with two attached hydrogens (primary N) is 1. The van der Waals surface area contributed by atoms with E-state index in [0.29, 0.717) is 12.1 Å². The van der Waals surface area contributed by atoms with Gasteiger partial charge in [-0.2, -0.15) is 0 Å². The molecule has 0 bridgehead atoms. The molecule has 1 amide bonds. The average Bonchev–Trinajstić information content (AvgIpc) is 2.68. The van der Waals surface area contributed by atoms with Gasteiger partial charge in [-0.05, 0) is 48.3 Å². The highest BCUT2D eigenvalue weighted by Gasteiger charge is 2.38. The Bertz CT molecular complexity index is 907. The Morgan fingerprint density at radius 3 is 2.59 bits per heavy atom. The summed E-state index contributed by atoms with van der Waals surface area (Å²) in [6.45, 7) is 8.47. The molecule has 0 unspecified atom stereocenters. The lowest BCUT2D eigenvalue weighted by atomic mass is 9.80. The van der Waals surface area contributed by atoms with Crippen molar-refractivity contribution in [1.29, 1.82) is 0 Å². The first-order valence-electron chi connectivity index (χ1n) is 10.7. The molecule has 0 atom stereocenters. The molecule has 1 spiro atoms. The van der Waals surface area contributed by atoms with Crippen LogP contribution < -0.4 is 16.0 Å². The number of carbonyl (C=O) groups excluding carboxylic acids is 1. The van der Waals surface area contributed by atoms with Crippen molar-refractivity contribution in [1.82, 2.24) is 10.3 Å². The number of rotatable bonds is 2. The van der Waals surface area contributed by atoms with Gasteiger partial charge in [0.05, 0.1) is 11.9 Å². The van der Waals surface area contributed by atoms with E-state index < -0.39 is 0 Å². The Kier molecular flexibility index (Phi) is 5.01. The van der Waals surface area contributed by atoms with Crippen LogP contribution >= 0.6 is 0 Å². The van der Waals surface area contributed by atoms with E-state index in [9.17, 15) is 4.79 Å². The number of aromatic nitrogens is 1. The lowest BCUT2D eigenvalue weighted by Gasteiger charge is -2.45. The van der Waals surface area contributed by atoms with Crippen molar-refractivity contribution in [2.75, 3.05) is 23.7 Å². The smallest absolute Gasteiger partial charge is 0.220 e. The van der Waals surface area contributed by atoms with Gasteiger partial charge in [-0.15, -0.1) is 0 Å². The van der Waals surface area contributed by atoms with Crippen molar-refractivity contribution in [2.24, 2.45) is 0 Å². The minimum Gasteiger partial charge on any atom is -0.397 e. The Morgan fingerprint density at radius 2 is 1.90 bits per heavy atom. The number of nitrogen functional groups attached to an aromatic ring is 1. The van der Waals surface area contributed by atoms with Gasteiger partial charge < -0.3 is 16.0 Å². The molecule has 29 heavy (non-hydrogen) atoms. The van der Waals surface area contributed by atoms with Crippen molar-refractivity contribution in [3.63, 3.8) is 0 Å². The zero-order valence-electron chi connectivity index (χ0n) is 17.8. The second kappa shape index (κ2) is 7.36. The number of hydrogen-bond donors (Lipinski definition) is 2. The number of amides is 1. The third-order valence-corrected chi connectivity index (χ3v) is 6.47. The van der Waals surface area contributed by atoms with E-state index >= 15 is 0 Å². The van der Waals surface area contributed by atoms with Crippen LogP contribution in [0.25, 0.3) is 11.1 Å². The molecule has 4 rings (SSSR count). The molecular formula is C24H32N4O. The topological polar surface area (TPSA) is 71.2 Å². The summed E-state index contributed by atoms with van der Waals surface area (Å²) in [6, 6.07) is 10.7. The van der Waals surface area contributed by atoms with Crippen LogP contribution in [-0.4, -0.2) is 29.5 Å². The first-order chi connectivity index (χ1) is 13.8. The predicted octanol–water partition coefficient (Wildman–Crippen LogP) is 4.27. The van der Waals surface area contributed by atoms with E-state index in [1.165, 1.54) is 5.56 Å². The monoisotopic (exact) mass is 392 g/mol. The summed E-state index contributed by atoms with van der Waals surface area (Å²) in [4.78, 5) is 18.8. The maximum atomic E-state index is 11.9. The molecule has 2 saturated heterocycles. The van der Waals surface area contributed by atoms with Gasteiger partial charge in [0.2, 0.25) is 5.91 Å². The van der Waals surface area contributed by atoms with Crippen LogP contribution in [0.15, 0.2) is 36.5 Å². The summed E-state index contributed by atoms with van der Waals surface area (Å²) in [5.74, 6) is 1.17. The molecule has 154 valence electrons. The number of benzene rings is 1. The van der Waals surface area contributed by atoms with E-state index in [4.69, 9.17) is 5.73 Å². The van der Waals surface area contributed by atoms with E-state index in [0.717, 1.165) is 55.7 Å². The third kappa shape index (κ3) is 4.09. The molecule has 1 aromatic carbocycles. The molecule has 3 N–H and O–H groups in total. The van der Waals surface area contributed by atoms with Gasteiger partial charge >= 0.3 is 0 Å². The average molecular weight is 393 g/mol. The van der Waals surface area contributed by atoms with Crippen LogP contribution in [0.2, 0.25) is 0 Å². The molecule has 2 fully saturated rings. The van der Waals surface area contributed by atoms with Crippen molar-refractivity contribution in [2.45, 2.75) is 63.8 Å². The SMILES string of the molecule is CC(C)(C)c1cccc(-c2cc(N3CCC4(CCCC(=O)N4)CC3)ncc2N)c1. The molecule has 0 saturated carbocycles. The summed E-state index contributed by atoms with van der Waals surface area (Å²) >= 11 is 0. The number of carbonyl (C=O) groups is 1. The first kappa shape index (κ1) is 19.7. The quantitative estimate of drug-likeness (QED) is 0.801. The van der Waals surface area contributed by atoms with E-state index in [2.05, 4.69) is 66.3 Å². The van der Waals surface area contributed by atoms with Crippen molar-refractivity contribution >= 4 is 17.4 Å². The Labute approximate surface area is 173 Å². The molecule has 5 nitrogen and oxygen atoms in total. The molecule has 2 aliphatic rings. The number of anilines is 2. The summed E-state index contributed by atoms with van der Waals surface area (Å²) in [7, 11) is 0. The molecular weight excluding hydrogens is 360 g/mol. The van der Waals surface area contributed by atoms with Gasteiger partial charge in [0, 0.05) is 30.6 Å². The first-order valence-corrected chi connectivity index (χ1v) is 10.7. The highest BCUT2D eigenvalue weighted by Crippen LogP contribution is 2.35. The molecule has 1 aromatic heterocycles. The minimum absolute atomic E-state index is 0.0104. The zero-order valence-corrected chi connectivity index (χ0v) is 17.8. The summed E-state index contributed by atoms with van der Waals surface area (Å²) < 4.78 is 0. The standard InChI is InChI=1S/C24H32N4O/c1-23(2,3)18-7-4-6-17(14-18)19-15-21(26-16-20(19)25)28-12-10-24(11-13-28)9-5-8-22(29)27-24/h4,6-7,14-16H,5,8-13,25H2,1-3H3,(H,27,29). The van der Waals surface area contributed by atoms with Crippen molar-refractivity contribution in [3.05, 3.63) is 42.1 Å². The lowest BCUT2D eigenvalue weighted by Crippen LogP contribution is -2.57. The van der Waals surface area contributed by atoms with E-state index in [1.807, 2.05) is 0 Å². The second-order valence-corrected chi connectivity index (χ2v) is 9.63. The normalized spacial score (nSPS) is 19.3. The molecule has 0 aliphatic carbocycles. The number of nitrogens with zero attached hydrogens (tertiary/aromatic N) is 2. The number of pyridine rings is 1. The third-order valence-electron chi connectivity index (χ3n) is 6.47. The van der Waals surface area contributed by atoms with Crippen LogP contribution in [0.1, 0.15) is 58.4 Å². The van der Waals surface area contributed by atoms with Gasteiger partial charge in [-0.25, -0.2) is 4.98 Å². The Balaban J connectivity index is 1.56. The molecule has 0 radical (unpaired) electrons. The highest BCUT2D eigenvalue weighted by atomic mass is 16.1. The van der Waals surface area contributed by atoms with Gasteiger partial charge in [-0.3, -0.25) is 4.79 Å². The van der Waals surface area contributed by atoms with Crippen molar-refractivity contribution in [3.8, 4) is 11.1 Å². The summed E-state index contributed by atoms with van der Waals surface area (Å²) in [5, 5.41) is 3.26. The van der Waals surface area contributed by atoms with Crippen molar-refractivity contribution < 1.29 is 4.79 Å². The number of hydrogen-bond acceptors (Lipinski definition) is 4. The highest BCUT2D eigenvalue weighted by molar-refractivity contribution is 5.79. The van der Waals surface area contributed by atoms with Gasteiger partial charge in [0.25, 0.3) is 0 Å². The molecule has 3 heterocycles. The number of piperidine rings is 2. The van der Waals surface area contributed by atoms with Crippen LogP contribution in [0.5, 0.6) is 0 Å². The van der Waals surface area contributed by atoms with Crippen LogP contribution in [0.3, 0.4) is 0 Å².